The molecule has 0 radical (unpaired) electrons. The van der Waals surface area contributed by atoms with E-state index in [0.717, 1.165) is 12.8 Å². The van der Waals surface area contributed by atoms with Crippen LogP contribution in [0.5, 0.6) is 0 Å². The van der Waals surface area contributed by atoms with Crippen LogP contribution >= 0.6 is 0 Å². The summed E-state index contributed by atoms with van der Waals surface area (Å²) in [6.45, 7) is 2.73. The van der Waals surface area contributed by atoms with Gasteiger partial charge < -0.3 is 14.8 Å². The van der Waals surface area contributed by atoms with Gasteiger partial charge in [-0.05, 0) is 49.6 Å². The van der Waals surface area contributed by atoms with E-state index in [1.165, 1.54) is 37.4 Å². The molecular weight excluding hydrogens is 408 g/mol. The second kappa shape index (κ2) is 9.27. The molecule has 1 saturated heterocycles. The Labute approximate surface area is 175 Å². The predicted molar refractivity (Wildman–Crippen MR) is 111 cm³/mol. The van der Waals surface area contributed by atoms with Gasteiger partial charge in [0.15, 0.2) is 0 Å². The number of ether oxygens (including phenoxy) is 2. The number of para-hydroxylation sites is 1. The van der Waals surface area contributed by atoms with Gasteiger partial charge >= 0.3 is 5.97 Å². The number of benzene rings is 2. The van der Waals surface area contributed by atoms with E-state index in [1.54, 1.807) is 19.1 Å². The van der Waals surface area contributed by atoms with Gasteiger partial charge in [0.25, 0.3) is 15.9 Å². The first-order valence-electron chi connectivity index (χ1n) is 9.52. The molecule has 1 amide bonds. The highest BCUT2D eigenvalue weighted by atomic mass is 32.2. The highest BCUT2D eigenvalue weighted by molar-refractivity contribution is 7.92. The van der Waals surface area contributed by atoms with E-state index in [2.05, 4.69) is 10.0 Å². The first kappa shape index (κ1) is 21.8. The molecule has 3 rings (SSSR count). The third-order valence-corrected chi connectivity index (χ3v) is 6.22. The lowest BCUT2D eigenvalue weighted by atomic mass is 10.1. The SMILES string of the molecule is COC(=O)c1cc(S(=O)(=O)Nc2ccccc2C(=O)NC[C@H]2CCCO2)ccc1C. The van der Waals surface area contributed by atoms with Crippen LogP contribution in [0, 0.1) is 6.92 Å². The number of nitrogens with one attached hydrogen (secondary N) is 2. The molecule has 2 N–H and O–H groups in total. The summed E-state index contributed by atoms with van der Waals surface area (Å²) < 4.78 is 38.4. The third-order valence-electron chi connectivity index (χ3n) is 4.85. The lowest BCUT2D eigenvalue weighted by Crippen LogP contribution is -2.32. The molecule has 0 aliphatic carbocycles. The molecule has 8 nitrogen and oxygen atoms in total. The summed E-state index contributed by atoms with van der Waals surface area (Å²) in [6, 6.07) is 10.5. The molecule has 1 heterocycles. The van der Waals surface area contributed by atoms with Crippen LogP contribution in [0.1, 0.15) is 39.1 Å². The average molecular weight is 432 g/mol. The first-order valence-corrected chi connectivity index (χ1v) is 11.0. The van der Waals surface area contributed by atoms with Crippen molar-refractivity contribution >= 4 is 27.6 Å². The van der Waals surface area contributed by atoms with Crippen LogP contribution in [0.3, 0.4) is 0 Å². The molecule has 0 spiro atoms. The second-order valence-corrected chi connectivity index (χ2v) is 8.65. The molecule has 160 valence electrons. The number of methoxy groups -OCH3 is 1. The van der Waals surface area contributed by atoms with Crippen molar-refractivity contribution < 1.29 is 27.5 Å². The maximum Gasteiger partial charge on any atom is 0.338 e. The molecule has 2 aromatic carbocycles. The number of carbonyl (C=O) groups is 2. The zero-order chi connectivity index (χ0) is 21.7. The summed E-state index contributed by atoms with van der Waals surface area (Å²) in [5, 5.41) is 2.79. The van der Waals surface area contributed by atoms with Crippen LogP contribution in [0.25, 0.3) is 0 Å². The Balaban J connectivity index is 1.82. The van der Waals surface area contributed by atoms with Crippen molar-refractivity contribution in [1.82, 2.24) is 5.32 Å². The van der Waals surface area contributed by atoms with E-state index in [4.69, 9.17) is 9.47 Å². The Hall–Kier alpha value is -2.91. The number of esters is 1. The van der Waals surface area contributed by atoms with Crippen molar-refractivity contribution in [3.8, 4) is 0 Å². The molecular formula is C21H24N2O6S. The minimum atomic E-state index is -4.04. The van der Waals surface area contributed by atoms with E-state index in [-0.39, 0.29) is 27.8 Å². The first-order chi connectivity index (χ1) is 14.3. The third kappa shape index (κ3) is 4.98. The Morgan fingerprint density at radius 2 is 1.93 bits per heavy atom. The van der Waals surface area contributed by atoms with Crippen LogP contribution in [-0.4, -0.2) is 46.7 Å². The second-order valence-electron chi connectivity index (χ2n) is 6.96. The summed E-state index contributed by atoms with van der Waals surface area (Å²) in [5.41, 5.74) is 1.08. The molecule has 30 heavy (non-hydrogen) atoms. The fourth-order valence-corrected chi connectivity index (χ4v) is 4.28. The van der Waals surface area contributed by atoms with Gasteiger partial charge in [-0.3, -0.25) is 9.52 Å². The smallest absolute Gasteiger partial charge is 0.338 e. The number of hydrogen-bond donors (Lipinski definition) is 2. The van der Waals surface area contributed by atoms with Crippen molar-refractivity contribution in [3.05, 3.63) is 59.2 Å². The van der Waals surface area contributed by atoms with E-state index in [0.29, 0.717) is 18.7 Å². The molecule has 0 bridgehead atoms. The van der Waals surface area contributed by atoms with Crippen LogP contribution in [0.2, 0.25) is 0 Å². The standard InChI is InChI=1S/C21H24N2O6S/c1-14-9-10-16(12-18(14)21(25)28-2)30(26,27)23-19-8-4-3-7-17(19)20(24)22-13-15-6-5-11-29-15/h3-4,7-10,12,15,23H,5-6,11,13H2,1-2H3,(H,22,24)/t15-/m1/s1. The summed E-state index contributed by atoms with van der Waals surface area (Å²) in [4.78, 5) is 24.4. The number of anilines is 1. The fourth-order valence-electron chi connectivity index (χ4n) is 3.18. The number of rotatable bonds is 7. The largest absolute Gasteiger partial charge is 0.465 e. The van der Waals surface area contributed by atoms with Gasteiger partial charge in [0.2, 0.25) is 0 Å². The molecule has 1 fully saturated rings. The predicted octanol–water partition coefficient (Wildman–Crippen LogP) is 2.49. The maximum atomic E-state index is 12.9. The number of amides is 1. The summed E-state index contributed by atoms with van der Waals surface area (Å²) in [6.07, 6.45) is 1.81. The molecule has 0 unspecified atom stereocenters. The highest BCUT2D eigenvalue weighted by Gasteiger charge is 2.22. The van der Waals surface area contributed by atoms with Gasteiger partial charge in [-0.25, -0.2) is 13.2 Å². The Kier molecular flexibility index (Phi) is 6.73. The van der Waals surface area contributed by atoms with Gasteiger partial charge in [-0.15, -0.1) is 0 Å². The highest BCUT2D eigenvalue weighted by Crippen LogP contribution is 2.22. The molecule has 0 aromatic heterocycles. The topological polar surface area (TPSA) is 111 Å². The van der Waals surface area contributed by atoms with Crippen molar-refractivity contribution in [2.24, 2.45) is 0 Å². The average Bonchev–Trinajstić information content (AvgIpc) is 3.25. The van der Waals surface area contributed by atoms with Crippen molar-refractivity contribution in [2.75, 3.05) is 25.0 Å². The van der Waals surface area contributed by atoms with E-state index in [9.17, 15) is 18.0 Å². The molecule has 9 heteroatoms. The van der Waals surface area contributed by atoms with E-state index in [1.807, 2.05) is 0 Å². The maximum absolute atomic E-state index is 12.9. The number of aryl methyl sites for hydroxylation is 1. The van der Waals surface area contributed by atoms with Crippen LogP contribution in [0.15, 0.2) is 47.4 Å². The monoisotopic (exact) mass is 432 g/mol. The van der Waals surface area contributed by atoms with Crippen molar-refractivity contribution in [2.45, 2.75) is 30.8 Å². The zero-order valence-electron chi connectivity index (χ0n) is 16.8. The lowest BCUT2D eigenvalue weighted by Gasteiger charge is -2.15. The van der Waals surface area contributed by atoms with E-state index < -0.39 is 21.9 Å². The van der Waals surface area contributed by atoms with E-state index >= 15 is 0 Å². The lowest BCUT2D eigenvalue weighted by molar-refractivity contribution is 0.0599. The number of sulfonamides is 1. The van der Waals surface area contributed by atoms with Crippen LogP contribution < -0.4 is 10.0 Å². The quantitative estimate of drug-likeness (QED) is 0.651. The number of carbonyl (C=O) groups excluding carboxylic acids is 2. The summed E-state index contributed by atoms with van der Waals surface area (Å²) in [7, 11) is -2.81. The Morgan fingerprint density at radius 3 is 2.63 bits per heavy atom. The minimum Gasteiger partial charge on any atom is -0.465 e. The summed E-state index contributed by atoms with van der Waals surface area (Å²) >= 11 is 0. The van der Waals surface area contributed by atoms with Crippen molar-refractivity contribution in [3.63, 3.8) is 0 Å². The minimum absolute atomic E-state index is 0.0258. The molecule has 1 aliphatic rings. The van der Waals surface area contributed by atoms with Gasteiger partial charge in [0.05, 0.1) is 34.9 Å². The molecule has 2 aromatic rings. The van der Waals surface area contributed by atoms with Gasteiger partial charge in [-0.1, -0.05) is 18.2 Å². The Bertz CT molecular complexity index is 1050. The normalized spacial score (nSPS) is 16.1. The van der Waals surface area contributed by atoms with Crippen molar-refractivity contribution in [1.29, 1.82) is 0 Å². The fraction of sp³-hybridized carbons (Fsp3) is 0.333. The van der Waals surface area contributed by atoms with Gasteiger partial charge in [-0.2, -0.15) is 0 Å². The zero-order valence-corrected chi connectivity index (χ0v) is 17.6. The van der Waals surface area contributed by atoms with Crippen LogP contribution in [-0.2, 0) is 19.5 Å². The van der Waals surface area contributed by atoms with Crippen LogP contribution in [0.4, 0.5) is 5.69 Å². The number of hydrogen-bond acceptors (Lipinski definition) is 6. The molecule has 0 saturated carbocycles. The van der Waals surface area contributed by atoms with Gasteiger partial charge in [0, 0.05) is 13.2 Å². The summed E-state index contributed by atoms with van der Waals surface area (Å²) in [5.74, 6) is -1.03. The Morgan fingerprint density at radius 1 is 1.17 bits per heavy atom. The molecule has 1 atom stereocenters. The molecule has 1 aliphatic heterocycles. The van der Waals surface area contributed by atoms with Gasteiger partial charge in [0.1, 0.15) is 0 Å².